The zero-order valence-corrected chi connectivity index (χ0v) is 11.9. The second kappa shape index (κ2) is 6.33. The van der Waals surface area contributed by atoms with Gasteiger partial charge in [0.15, 0.2) is 0 Å². The highest BCUT2D eigenvalue weighted by Gasteiger charge is 2.15. The molecule has 0 aromatic heterocycles. The summed E-state index contributed by atoms with van der Waals surface area (Å²) in [5.41, 5.74) is 0.548. The number of rotatable bonds is 4. The molecule has 7 heteroatoms. The monoisotopic (exact) mass is 328 g/mol. The van der Waals surface area contributed by atoms with Crippen LogP contribution in [0.15, 0.2) is 22.7 Å². The van der Waals surface area contributed by atoms with Crippen LogP contribution in [0.3, 0.4) is 0 Å². The van der Waals surface area contributed by atoms with Gasteiger partial charge in [-0.25, -0.2) is 4.79 Å². The number of carboxylic acids is 1. The smallest absolute Gasteiger partial charge is 0.335 e. The fourth-order valence-corrected chi connectivity index (χ4v) is 1.84. The van der Waals surface area contributed by atoms with Crippen molar-refractivity contribution in [2.75, 3.05) is 5.32 Å². The minimum absolute atomic E-state index is 0.111. The van der Waals surface area contributed by atoms with Crippen LogP contribution in [-0.2, 0) is 9.59 Å². The highest BCUT2D eigenvalue weighted by Crippen LogP contribution is 2.23. The molecule has 0 heterocycles. The zero-order valence-electron chi connectivity index (χ0n) is 10.4. The Hall–Kier alpha value is -1.89. The summed E-state index contributed by atoms with van der Waals surface area (Å²) in [6.07, 6.45) is 0. The molecule has 0 radical (unpaired) electrons. The van der Waals surface area contributed by atoms with Gasteiger partial charge in [-0.3, -0.25) is 9.59 Å². The molecule has 0 saturated carbocycles. The Balaban J connectivity index is 2.80. The van der Waals surface area contributed by atoms with E-state index in [9.17, 15) is 14.4 Å². The van der Waals surface area contributed by atoms with Gasteiger partial charge in [0, 0.05) is 11.4 Å². The third kappa shape index (κ3) is 4.36. The molecule has 1 aromatic rings. The summed E-state index contributed by atoms with van der Waals surface area (Å²) in [5, 5.41) is 13.9. The molecule has 102 valence electrons. The molecule has 0 aliphatic heterocycles. The molecule has 2 amide bonds. The van der Waals surface area contributed by atoms with E-state index in [0.29, 0.717) is 10.2 Å². The molecule has 0 aliphatic rings. The van der Waals surface area contributed by atoms with Crippen LogP contribution in [0.2, 0.25) is 0 Å². The number of nitrogens with one attached hydrogen (secondary N) is 2. The Kier molecular flexibility index (Phi) is 5.05. The summed E-state index contributed by atoms with van der Waals surface area (Å²) in [4.78, 5) is 33.3. The van der Waals surface area contributed by atoms with Crippen molar-refractivity contribution in [3.8, 4) is 0 Å². The van der Waals surface area contributed by atoms with Gasteiger partial charge in [-0.15, -0.1) is 0 Å². The number of carboxylic acid groups (broad SMARTS) is 1. The van der Waals surface area contributed by atoms with Crippen LogP contribution in [0.25, 0.3) is 0 Å². The molecule has 1 atom stereocenters. The Bertz CT molecular complexity index is 530. The van der Waals surface area contributed by atoms with Crippen molar-refractivity contribution in [3.63, 3.8) is 0 Å². The van der Waals surface area contributed by atoms with Gasteiger partial charge in [0.25, 0.3) is 0 Å². The van der Waals surface area contributed by atoms with Crippen molar-refractivity contribution in [1.82, 2.24) is 5.32 Å². The predicted octanol–water partition coefficient (Wildman–Crippen LogP) is 1.61. The lowest BCUT2D eigenvalue weighted by Gasteiger charge is -2.14. The number of hydrogen-bond donors (Lipinski definition) is 3. The lowest BCUT2D eigenvalue weighted by atomic mass is 10.2. The first-order chi connectivity index (χ1) is 8.81. The van der Waals surface area contributed by atoms with Gasteiger partial charge in [-0.05, 0) is 41.1 Å². The van der Waals surface area contributed by atoms with Crippen molar-refractivity contribution in [3.05, 3.63) is 28.2 Å². The van der Waals surface area contributed by atoms with Crippen LogP contribution in [0.5, 0.6) is 0 Å². The normalized spacial score (nSPS) is 11.5. The van der Waals surface area contributed by atoms with Crippen LogP contribution in [0.4, 0.5) is 5.69 Å². The summed E-state index contributed by atoms with van der Waals surface area (Å²) in [6, 6.07) is 3.57. The van der Waals surface area contributed by atoms with Gasteiger partial charge in [-0.1, -0.05) is 0 Å². The quantitative estimate of drug-likeness (QED) is 0.782. The first kappa shape index (κ1) is 15.2. The Morgan fingerprint density at radius 2 is 1.95 bits per heavy atom. The van der Waals surface area contributed by atoms with Crippen LogP contribution in [0, 0.1) is 0 Å². The standard InChI is InChI=1S/C12H13BrN2O4/c1-6(14-7(2)16)11(17)15-10-4-3-8(12(18)19)5-9(10)13/h3-6H,1-2H3,(H,14,16)(H,15,17)(H,18,19). The summed E-state index contributed by atoms with van der Waals surface area (Å²) < 4.78 is 0.454. The molecule has 0 spiro atoms. The second-order valence-electron chi connectivity index (χ2n) is 3.91. The second-order valence-corrected chi connectivity index (χ2v) is 4.77. The molecule has 0 aliphatic carbocycles. The number of amides is 2. The van der Waals surface area contributed by atoms with E-state index in [-0.39, 0.29) is 17.4 Å². The minimum Gasteiger partial charge on any atom is -0.478 e. The van der Waals surface area contributed by atoms with Crippen molar-refractivity contribution >= 4 is 39.4 Å². The average Bonchev–Trinajstić information content (AvgIpc) is 2.30. The molecule has 1 rings (SSSR count). The molecular weight excluding hydrogens is 316 g/mol. The Morgan fingerprint density at radius 3 is 2.42 bits per heavy atom. The predicted molar refractivity (Wildman–Crippen MR) is 73.0 cm³/mol. The van der Waals surface area contributed by atoms with Crippen LogP contribution >= 0.6 is 15.9 Å². The van der Waals surface area contributed by atoms with Crippen molar-refractivity contribution in [2.24, 2.45) is 0 Å². The van der Waals surface area contributed by atoms with Crippen LogP contribution in [0.1, 0.15) is 24.2 Å². The lowest BCUT2D eigenvalue weighted by molar-refractivity contribution is -0.124. The topological polar surface area (TPSA) is 95.5 Å². The fourth-order valence-electron chi connectivity index (χ4n) is 1.36. The van der Waals surface area contributed by atoms with Crippen LogP contribution < -0.4 is 10.6 Å². The molecule has 1 unspecified atom stereocenters. The SMILES string of the molecule is CC(=O)NC(C)C(=O)Nc1ccc(C(=O)O)cc1Br. The minimum atomic E-state index is -1.05. The van der Waals surface area contributed by atoms with Gasteiger partial charge in [-0.2, -0.15) is 0 Å². The molecule has 0 saturated heterocycles. The van der Waals surface area contributed by atoms with Crippen molar-refractivity contribution < 1.29 is 19.5 Å². The van der Waals surface area contributed by atoms with E-state index in [2.05, 4.69) is 26.6 Å². The fraction of sp³-hybridized carbons (Fsp3) is 0.250. The number of carbonyl (C=O) groups excluding carboxylic acids is 2. The lowest BCUT2D eigenvalue weighted by Crippen LogP contribution is -2.40. The highest BCUT2D eigenvalue weighted by atomic mass is 79.9. The van der Waals surface area contributed by atoms with Gasteiger partial charge < -0.3 is 15.7 Å². The van der Waals surface area contributed by atoms with Crippen molar-refractivity contribution in [2.45, 2.75) is 19.9 Å². The van der Waals surface area contributed by atoms with Crippen molar-refractivity contribution in [1.29, 1.82) is 0 Å². The third-order valence-electron chi connectivity index (χ3n) is 2.29. The number of aromatic carboxylic acids is 1. The summed E-state index contributed by atoms with van der Waals surface area (Å²) in [6.45, 7) is 2.87. The van der Waals surface area contributed by atoms with Gasteiger partial charge in [0.2, 0.25) is 11.8 Å². The third-order valence-corrected chi connectivity index (χ3v) is 2.94. The molecule has 0 fully saturated rings. The summed E-state index contributed by atoms with van der Waals surface area (Å²) >= 11 is 3.18. The highest BCUT2D eigenvalue weighted by molar-refractivity contribution is 9.10. The molecule has 3 N–H and O–H groups in total. The van der Waals surface area contributed by atoms with E-state index in [4.69, 9.17) is 5.11 Å². The Morgan fingerprint density at radius 1 is 1.32 bits per heavy atom. The number of hydrogen-bond acceptors (Lipinski definition) is 3. The molecule has 19 heavy (non-hydrogen) atoms. The number of halogens is 1. The zero-order chi connectivity index (χ0) is 14.6. The summed E-state index contributed by atoms with van der Waals surface area (Å²) in [5.74, 6) is -1.74. The van der Waals surface area contributed by atoms with E-state index in [1.165, 1.54) is 25.1 Å². The van der Waals surface area contributed by atoms with E-state index in [0.717, 1.165) is 0 Å². The maximum Gasteiger partial charge on any atom is 0.335 e. The van der Waals surface area contributed by atoms with E-state index >= 15 is 0 Å². The van der Waals surface area contributed by atoms with Gasteiger partial charge in [0.05, 0.1) is 11.3 Å². The van der Waals surface area contributed by atoms with Gasteiger partial charge >= 0.3 is 5.97 Å². The van der Waals surface area contributed by atoms with Crippen LogP contribution in [-0.4, -0.2) is 28.9 Å². The molecule has 1 aromatic carbocycles. The number of anilines is 1. The largest absolute Gasteiger partial charge is 0.478 e. The average molecular weight is 329 g/mol. The number of benzene rings is 1. The van der Waals surface area contributed by atoms with E-state index in [1.807, 2.05) is 0 Å². The number of carbonyl (C=O) groups is 3. The molecule has 0 bridgehead atoms. The first-order valence-electron chi connectivity index (χ1n) is 5.42. The first-order valence-corrected chi connectivity index (χ1v) is 6.21. The maximum atomic E-state index is 11.8. The van der Waals surface area contributed by atoms with Gasteiger partial charge in [0.1, 0.15) is 6.04 Å². The summed E-state index contributed by atoms with van der Waals surface area (Å²) in [7, 11) is 0. The van der Waals surface area contributed by atoms with E-state index < -0.39 is 12.0 Å². The van der Waals surface area contributed by atoms with E-state index in [1.54, 1.807) is 6.92 Å². The molecular formula is C12H13BrN2O4. The Labute approximate surface area is 118 Å². The maximum absolute atomic E-state index is 11.8. The molecule has 6 nitrogen and oxygen atoms in total.